The number of piperazine rings is 1. The maximum absolute atomic E-state index is 14.2. The molecule has 2 atom stereocenters. The van der Waals surface area contributed by atoms with Gasteiger partial charge in [-0.25, -0.2) is 19.2 Å². The number of carbonyl (C=O) groups excluding carboxylic acids is 1. The van der Waals surface area contributed by atoms with Gasteiger partial charge in [-0.15, -0.1) is 0 Å². The number of fused-ring (bicyclic) bond motifs is 1. The number of halogens is 4. The Morgan fingerprint density at radius 3 is 2.61 bits per heavy atom. The lowest BCUT2D eigenvalue weighted by molar-refractivity contribution is -0.141. The molecule has 2 aromatic rings. The minimum absolute atomic E-state index is 0.000175. The van der Waals surface area contributed by atoms with Crippen LogP contribution in [0.4, 0.5) is 28.3 Å². The molecular weight excluding hydrogens is 414 g/mol. The van der Waals surface area contributed by atoms with E-state index in [1.165, 1.54) is 6.07 Å². The number of alkyl halides is 3. The largest absolute Gasteiger partial charge is 0.433 e. The molecule has 1 aliphatic carbocycles. The van der Waals surface area contributed by atoms with E-state index in [9.17, 15) is 22.4 Å². The Morgan fingerprint density at radius 2 is 1.90 bits per heavy atom. The summed E-state index contributed by atoms with van der Waals surface area (Å²) in [6.07, 6.45) is -2.03. The van der Waals surface area contributed by atoms with E-state index in [0.29, 0.717) is 38.2 Å². The molecule has 31 heavy (non-hydrogen) atoms. The number of benzene rings is 1. The Balaban J connectivity index is 1.40. The van der Waals surface area contributed by atoms with Crippen molar-refractivity contribution < 1.29 is 22.4 Å². The third-order valence-electron chi connectivity index (χ3n) is 5.97. The fourth-order valence-corrected chi connectivity index (χ4v) is 4.19. The molecule has 1 aromatic carbocycles. The number of amides is 2. The summed E-state index contributed by atoms with van der Waals surface area (Å²) in [5, 5.41) is 3.03. The molecule has 2 amide bonds. The first kappa shape index (κ1) is 21.3. The second kappa shape index (κ2) is 8.32. The minimum Gasteiger partial charge on any atom is -0.337 e. The standard InChI is InChI=1S/C21H23F4N5O/c1-13-5-6-14-15(3-2-4-16(14)22)18(13)28-20(31)30-11-9-29(10-12-30)19-26-8-7-17(27-19)21(23,24)25/h2-4,7-8,13,18H,5-6,9-12H2,1H3,(H,28,31). The van der Waals surface area contributed by atoms with Crippen molar-refractivity contribution >= 4 is 12.0 Å². The van der Waals surface area contributed by atoms with Crippen molar-refractivity contribution in [1.29, 1.82) is 0 Å². The van der Waals surface area contributed by atoms with Gasteiger partial charge in [0.05, 0.1) is 6.04 Å². The number of urea groups is 1. The number of aromatic nitrogens is 2. The normalized spacial score (nSPS) is 21.6. The van der Waals surface area contributed by atoms with E-state index in [-0.39, 0.29) is 29.8 Å². The predicted octanol–water partition coefficient (Wildman–Crippen LogP) is 3.79. The molecule has 0 saturated carbocycles. The van der Waals surface area contributed by atoms with Gasteiger partial charge in [0, 0.05) is 32.4 Å². The molecule has 166 valence electrons. The van der Waals surface area contributed by atoms with E-state index in [0.717, 1.165) is 24.2 Å². The van der Waals surface area contributed by atoms with Crippen LogP contribution in [0.3, 0.4) is 0 Å². The molecule has 6 nitrogen and oxygen atoms in total. The number of anilines is 1. The van der Waals surface area contributed by atoms with Gasteiger partial charge in [-0.2, -0.15) is 13.2 Å². The van der Waals surface area contributed by atoms with E-state index in [4.69, 9.17) is 0 Å². The van der Waals surface area contributed by atoms with Gasteiger partial charge in [0.25, 0.3) is 0 Å². The summed E-state index contributed by atoms with van der Waals surface area (Å²) in [5.41, 5.74) is 0.468. The van der Waals surface area contributed by atoms with E-state index in [1.807, 2.05) is 13.0 Å². The van der Waals surface area contributed by atoms with Gasteiger partial charge in [0.2, 0.25) is 5.95 Å². The van der Waals surface area contributed by atoms with Gasteiger partial charge in [0.1, 0.15) is 11.5 Å². The van der Waals surface area contributed by atoms with Crippen LogP contribution < -0.4 is 10.2 Å². The molecule has 2 heterocycles. The molecule has 1 aliphatic heterocycles. The maximum Gasteiger partial charge on any atom is 0.433 e. The fourth-order valence-electron chi connectivity index (χ4n) is 4.19. The summed E-state index contributed by atoms with van der Waals surface area (Å²) in [7, 11) is 0. The zero-order valence-electron chi connectivity index (χ0n) is 17.0. The van der Waals surface area contributed by atoms with E-state index in [1.54, 1.807) is 15.9 Å². The highest BCUT2D eigenvalue weighted by Crippen LogP contribution is 2.35. The maximum atomic E-state index is 14.2. The first-order chi connectivity index (χ1) is 14.7. The lowest BCUT2D eigenvalue weighted by Gasteiger charge is -2.37. The number of nitrogens with zero attached hydrogens (tertiary/aromatic N) is 4. The molecule has 1 aromatic heterocycles. The highest BCUT2D eigenvalue weighted by atomic mass is 19.4. The van der Waals surface area contributed by atoms with Crippen molar-refractivity contribution in [2.24, 2.45) is 5.92 Å². The monoisotopic (exact) mass is 437 g/mol. The SMILES string of the molecule is CC1CCc2c(F)cccc2C1NC(=O)N1CCN(c2nccc(C(F)(F)F)n2)CC1. The Bertz CT molecular complexity index is 959. The molecule has 10 heteroatoms. The molecule has 1 N–H and O–H groups in total. The van der Waals surface area contributed by atoms with Gasteiger partial charge in [-0.05, 0) is 42.0 Å². The van der Waals surface area contributed by atoms with Crippen molar-refractivity contribution in [3.8, 4) is 0 Å². The molecule has 2 aliphatic rings. The highest BCUT2D eigenvalue weighted by molar-refractivity contribution is 5.75. The predicted molar refractivity (Wildman–Crippen MR) is 106 cm³/mol. The van der Waals surface area contributed by atoms with Crippen LogP contribution in [0.15, 0.2) is 30.5 Å². The lowest BCUT2D eigenvalue weighted by atomic mass is 9.80. The van der Waals surface area contributed by atoms with Crippen molar-refractivity contribution in [2.45, 2.75) is 32.0 Å². The molecule has 2 unspecified atom stereocenters. The lowest BCUT2D eigenvalue weighted by Crippen LogP contribution is -2.53. The number of hydrogen-bond donors (Lipinski definition) is 1. The molecule has 0 bridgehead atoms. The van der Waals surface area contributed by atoms with Gasteiger partial charge in [0.15, 0.2) is 0 Å². The van der Waals surface area contributed by atoms with E-state index < -0.39 is 11.9 Å². The molecule has 1 fully saturated rings. The first-order valence-electron chi connectivity index (χ1n) is 10.2. The zero-order valence-corrected chi connectivity index (χ0v) is 17.0. The van der Waals surface area contributed by atoms with Crippen molar-refractivity contribution in [3.63, 3.8) is 0 Å². The molecule has 0 spiro atoms. The fraction of sp³-hybridized carbons (Fsp3) is 0.476. The minimum atomic E-state index is -4.54. The number of rotatable bonds is 2. The zero-order chi connectivity index (χ0) is 22.2. The van der Waals surface area contributed by atoms with Gasteiger partial charge in [-0.1, -0.05) is 19.1 Å². The van der Waals surface area contributed by atoms with E-state index >= 15 is 0 Å². The topological polar surface area (TPSA) is 61.4 Å². The number of nitrogens with one attached hydrogen (secondary N) is 1. The quantitative estimate of drug-likeness (QED) is 0.727. The third kappa shape index (κ3) is 4.42. The number of carbonyl (C=O) groups is 1. The van der Waals surface area contributed by atoms with Crippen LogP contribution in [-0.2, 0) is 12.6 Å². The highest BCUT2D eigenvalue weighted by Gasteiger charge is 2.34. The molecular formula is C21H23F4N5O. The van der Waals surface area contributed by atoms with Crippen LogP contribution in [0.1, 0.15) is 36.2 Å². The summed E-state index contributed by atoms with van der Waals surface area (Å²) in [6, 6.07) is 5.22. The van der Waals surface area contributed by atoms with E-state index in [2.05, 4.69) is 15.3 Å². The van der Waals surface area contributed by atoms with Gasteiger partial charge >= 0.3 is 12.2 Å². The molecule has 4 rings (SSSR count). The second-order valence-corrected chi connectivity index (χ2v) is 7.96. The smallest absolute Gasteiger partial charge is 0.337 e. The summed E-state index contributed by atoms with van der Waals surface area (Å²) in [4.78, 5) is 23.7. The number of hydrogen-bond acceptors (Lipinski definition) is 4. The second-order valence-electron chi connectivity index (χ2n) is 7.96. The van der Waals surface area contributed by atoms with Gasteiger partial charge < -0.3 is 15.1 Å². The summed E-state index contributed by atoms with van der Waals surface area (Å²) in [6.45, 7) is 3.31. The van der Waals surface area contributed by atoms with Crippen LogP contribution >= 0.6 is 0 Å². The van der Waals surface area contributed by atoms with Crippen LogP contribution in [0.5, 0.6) is 0 Å². The Morgan fingerprint density at radius 1 is 1.16 bits per heavy atom. The third-order valence-corrected chi connectivity index (χ3v) is 5.97. The average Bonchev–Trinajstić information content (AvgIpc) is 2.75. The van der Waals surface area contributed by atoms with Crippen molar-refractivity contribution in [3.05, 3.63) is 53.1 Å². The van der Waals surface area contributed by atoms with Crippen LogP contribution in [-0.4, -0.2) is 47.1 Å². The van der Waals surface area contributed by atoms with Gasteiger partial charge in [-0.3, -0.25) is 0 Å². The summed E-state index contributed by atoms with van der Waals surface area (Å²) in [5.74, 6) is -0.0865. The summed E-state index contributed by atoms with van der Waals surface area (Å²) >= 11 is 0. The molecule has 0 radical (unpaired) electrons. The van der Waals surface area contributed by atoms with Crippen LogP contribution in [0, 0.1) is 11.7 Å². The summed E-state index contributed by atoms with van der Waals surface area (Å²) < 4.78 is 52.8. The molecule has 1 saturated heterocycles. The Labute approximate surface area is 177 Å². The first-order valence-corrected chi connectivity index (χ1v) is 10.2. The van der Waals surface area contributed by atoms with Crippen molar-refractivity contribution in [1.82, 2.24) is 20.2 Å². The Hall–Kier alpha value is -2.91. The van der Waals surface area contributed by atoms with Crippen molar-refractivity contribution in [2.75, 3.05) is 31.1 Å². The van der Waals surface area contributed by atoms with Crippen LogP contribution in [0.2, 0.25) is 0 Å². The van der Waals surface area contributed by atoms with Crippen LogP contribution in [0.25, 0.3) is 0 Å². The Kier molecular flexibility index (Phi) is 5.72. The average molecular weight is 437 g/mol.